The number of halogens is 3. The number of aliphatic hydroxyl groups is 1. The number of nitrogens with two attached hydrogens (primary N) is 1. The number of aliphatic hydroxyl groups excluding tert-OH is 1. The monoisotopic (exact) mass is 184 g/mol. The van der Waals surface area contributed by atoms with Crippen LogP contribution in [0.15, 0.2) is 0 Å². The zero-order valence-electron chi connectivity index (χ0n) is 6.43. The first-order valence-electron chi connectivity index (χ1n) is 3.58. The second kappa shape index (κ2) is 2.86. The summed E-state index contributed by atoms with van der Waals surface area (Å²) >= 11 is 0. The molecule has 3 nitrogen and oxygen atoms in total. The van der Waals surface area contributed by atoms with Gasteiger partial charge in [0.1, 0.15) is 5.41 Å². The van der Waals surface area contributed by atoms with E-state index in [1.807, 2.05) is 0 Å². The standard InChI is InChI=1S/C6H11F3N2O/c7-6(8,9)5(4-12)1-2-11(10)3-5/h12H,1-4,10H2/t5-/m0/s1. The average molecular weight is 184 g/mol. The third-order valence-electron chi connectivity index (χ3n) is 2.29. The van der Waals surface area contributed by atoms with Crippen molar-refractivity contribution in [3.8, 4) is 0 Å². The number of rotatable bonds is 1. The molecule has 0 amide bonds. The lowest BCUT2D eigenvalue weighted by atomic mass is 9.87. The second-order valence-electron chi connectivity index (χ2n) is 3.16. The van der Waals surface area contributed by atoms with Crippen LogP contribution in [-0.2, 0) is 0 Å². The summed E-state index contributed by atoms with van der Waals surface area (Å²) in [5.74, 6) is 5.20. The van der Waals surface area contributed by atoms with Crippen LogP contribution in [0.3, 0.4) is 0 Å². The molecule has 1 heterocycles. The van der Waals surface area contributed by atoms with Gasteiger partial charge in [-0.15, -0.1) is 0 Å². The molecule has 1 fully saturated rings. The number of nitrogens with zero attached hydrogens (tertiary/aromatic N) is 1. The minimum atomic E-state index is -4.37. The number of hydrogen-bond acceptors (Lipinski definition) is 3. The van der Waals surface area contributed by atoms with Gasteiger partial charge in [-0.25, -0.2) is 5.01 Å². The Morgan fingerprint density at radius 1 is 1.50 bits per heavy atom. The van der Waals surface area contributed by atoms with Gasteiger partial charge < -0.3 is 5.11 Å². The molecule has 0 radical (unpaired) electrons. The highest BCUT2D eigenvalue weighted by Gasteiger charge is 2.57. The Hall–Kier alpha value is -0.330. The first-order chi connectivity index (χ1) is 5.41. The number of hydrogen-bond donors (Lipinski definition) is 2. The lowest BCUT2D eigenvalue weighted by molar-refractivity contribution is -0.230. The van der Waals surface area contributed by atoms with Gasteiger partial charge >= 0.3 is 6.18 Å². The molecule has 1 rings (SSSR count). The van der Waals surface area contributed by atoms with Gasteiger partial charge in [0.15, 0.2) is 0 Å². The molecule has 6 heteroatoms. The van der Waals surface area contributed by atoms with Crippen LogP contribution in [-0.4, -0.2) is 36.0 Å². The zero-order valence-corrected chi connectivity index (χ0v) is 6.43. The molecule has 12 heavy (non-hydrogen) atoms. The quantitative estimate of drug-likeness (QED) is 0.568. The maximum absolute atomic E-state index is 12.3. The molecule has 3 N–H and O–H groups in total. The van der Waals surface area contributed by atoms with Crippen molar-refractivity contribution in [1.82, 2.24) is 5.01 Å². The molecule has 0 aliphatic carbocycles. The average Bonchev–Trinajstić information content (AvgIpc) is 2.31. The maximum Gasteiger partial charge on any atom is 0.398 e. The summed E-state index contributed by atoms with van der Waals surface area (Å²) in [6.07, 6.45) is -4.49. The predicted octanol–water partition coefficient (Wildman–Crippen LogP) is 0.107. The van der Waals surface area contributed by atoms with Gasteiger partial charge in [0, 0.05) is 13.1 Å². The highest BCUT2D eigenvalue weighted by Crippen LogP contribution is 2.44. The molecule has 0 bridgehead atoms. The molecule has 0 saturated carbocycles. The van der Waals surface area contributed by atoms with Crippen molar-refractivity contribution in [3.05, 3.63) is 0 Å². The van der Waals surface area contributed by atoms with Crippen molar-refractivity contribution in [3.63, 3.8) is 0 Å². The first-order valence-corrected chi connectivity index (χ1v) is 3.58. The topological polar surface area (TPSA) is 49.5 Å². The normalized spacial score (nSPS) is 32.8. The largest absolute Gasteiger partial charge is 0.398 e. The minimum absolute atomic E-state index is 0.122. The van der Waals surface area contributed by atoms with Gasteiger partial charge in [-0.1, -0.05) is 0 Å². The van der Waals surface area contributed by atoms with Crippen LogP contribution in [0, 0.1) is 5.41 Å². The molecule has 1 aliphatic rings. The van der Waals surface area contributed by atoms with Crippen LogP contribution in [0.1, 0.15) is 6.42 Å². The van der Waals surface area contributed by atoms with Gasteiger partial charge in [-0.2, -0.15) is 13.2 Å². The van der Waals surface area contributed by atoms with Crippen LogP contribution >= 0.6 is 0 Å². The Balaban J connectivity index is 2.78. The molecule has 1 saturated heterocycles. The minimum Gasteiger partial charge on any atom is -0.395 e. The molecule has 0 aromatic rings. The number of alkyl halides is 3. The van der Waals surface area contributed by atoms with Crippen LogP contribution in [0.5, 0.6) is 0 Å². The Labute approximate surface area is 67.9 Å². The van der Waals surface area contributed by atoms with Crippen molar-refractivity contribution >= 4 is 0 Å². The smallest absolute Gasteiger partial charge is 0.395 e. The molecule has 0 unspecified atom stereocenters. The van der Waals surface area contributed by atoms with E-state index in [0.717, 1.165) is 5.01 Å². The van der Waals surface area contributed by atoms with E-state index in [-0.39, 0.29) is 19.5 Å². The molecule has 72 valence electrons. The number of hydrazine groups is 1. The van der Waals surface area contributed by atoms with Crippen LogP contribution in [0.25, 0.3) is 0 Å². The van der Waals surface area contributed by atoms with Crippen LogP contribution in [0.4, 0.5) is 13.2 Å². The molecular weight excluding hydrogens is 173 g/mol. The Kier molecular flexibility index (Phi) is 2.33. The van der Waals surface area contributed by atoms with E-state index in [0.29, 0.717) is 0 Å². The summed E-state index contributed by atoms with van der Waals surface area (Å²) in [6.45, 7) is -1.02. The summed E-state index contributed by atoms with van der Waals surface area (Å²) in [5, 5.41) is 9.75. The maximum atomic E-state index is 12.3. The summed E-state index contributed by atoms with van der Waals surface area (Å²) < 4.78 is 37.0. The van der Waals surface area contributed by atoms with Crippen molar-refractivity contribution in [1.29, 1.82) is 0 Å². The Morgan fingerprint density at radius 2 is 2.08 bits per heavy atom. The Bertz CT molecular complexity index is 173. The third kappa shape index (κ3) is 1.41. The van der Waals surface area contributed by atoms with E-state index >= 15 is 0 Å². The molecule has 1 atom stereocenters. The van der Waals surface area contributed by atoms with E-state index in [9.17, 15) is 13.2 Å². The lowest BCUT2D eigenvalue weighted by Crippen LogP contribution is -2.44. The van der Waals surface area contributed by atoms with E-state index in [1.165, 1.54) is 0 Å². The molecular formula is C6H11F3N2O. The van der Waals surface area contributed by atoms with Crippen molar-refractivity contribution in [2.24, 2.45) is 11.3 Å². The summed E-state index contributed by atoms with van der Waals surface area (Å²) in [5.41, 5.74) is -2.00. The summed E-state index contributed by atoms with van der Waals surface area (Å²) in [6, 6.07) is 0. The van der Waals surface area contributed by atoms with Gasteiger partial charge in [0.25, 0.3) is 0 Å². The summed E-state index contributed by atoms with van der Waals surface area (Å²) in [4.78, 5) is 0. The molecule has 0 aromatic heterocycles. The van der Waals surface area contributed by atoms with Crippen molar-refractivity contribution < 1.29 is 18.3 Å². The van der Waals surface area contributed by atoms with Gasteiger partial charge in [0.05, 0.1) is 6.61 Å². The van der Waals surface area contributed by atoms with E-state index in [4.69, 9.17) is 10.9 Å². The highest BCUT2D eigenvalue weighted by atomic mass is 19.4. The van der Waals surface area contributed by atoms with Crippen molar-refractivity contribution in [2.45, 2.75) is 12.6 Å². The van der Waals surface area contributed by atoms with Crippen LogP contribution < -0.4 is 5.84 Å². The van der Waals surface area contributed by atoms with Crippen LogP contribution in [0.2, 0.25) is 0 Å². The van der Waals surface area contributed by atoms with Gasteiger partial charge in [0.2, 0.25) is 0 Å². The molecule has 0 aromatic carbocycles. The fraction of sp³-hybridized carbons (Fsp3) is 1.00. The SMILES string of the molecule is NN1CC[C@](CO)(C(F)(F)F)C1. The highest BCUT2D eigenvalue weighted by molar-refractivity contribution is 4.93. The lowest BCUT2D eigenvalue weighted by Gasteiger charge is -2.28. The zero-order chi connectivity index (χ0) is 9.41. The summed E-state index contributed by atoms with van der Waals surface area (Å²) in [7, 11) is 0. The van der Waals surface area contributed by atoms with E-state index in [1.54, 1.807) is 0 Å². The third-order valence-corrected chi connectivity index (χ3v) is 2.29. The predicted molar refractivity (Wildman–Crippen MR) is 36.0 cm³/mol. The molecule has 0 spiro atoms. The van der Waals surface area contributed by atoms with Gasteiger partial charge in [-0.3, -0.25) is 5.84 Å². The van der Waals surface area contributed by atoms with Crippen molar-refractivity contribution in [2.75, 3.05) is 19.7 Å². The fourth-order valence-electron chi connectivity index (χ4n) is 1.35. The van der Waals surface area contributed by atoms with E-state index in [2.05, 4.69) is 0 Å². The van der Waals surface area contributed by atoms with E-state index < -0.39 is 18.2 Å². The molecule has 1 aliphatic heterocycles. The second-order valence-corrected chi connectivity index (χ2v) is 3.16. The van der Waals surface area contributed by atoms with Gasteiger partial charge in [-0.05, 0) is 6.42 Å². The fourth-order valence-corrected chi connectivity index (χ4v) is 1.35. The first kappa shape index (κ1) is 9.76. The Morgan fingerprint density at radius 3 is 2.25 bits per heavy atom.